The van der Waals surface area contributed by atoms with E-state index in [-0.39, 0.29) is 0 Å². The molecule has 0 amide bonds. The first-order valence-corrected chi connectivity index (χ1v) is 6.04. The molecule has 0 aliphatic rings. The fourth-order valence-corrected chi connectivity index (χ4v) is 1.95. The van der Waals surface area contributed by atoms with Crippen molar-refractivity contribution in [1.82, 2.24) is 0 Å². The lowest BCUT2D eigenvalue weighted by Gasteiger charge is -2.15. The van der Waals surface area contributed by atoms with Crippen LogP contribution < -0.4 is 15.2 Å². The fourth-order valence-electron chi connectivity index (χ4n) is 1.95. The van der Waals surface area contributed by atoms with Gasteiger partial charge in [0.25, 0.3) is 0 Å². The van der Waals surface area contributed by atoms with Gasteiger partial charge in [0.2, 0.25) is 0 Å². The van der Waals surface area contributed by atoms with Crippen molar-refractivity contribution in [1.29, 1.82) is 0 Å². The Morgan fingerprint density at radius 1 is 1.24 bits per heavy atom. The summed E-state index contributed by atoms with van der Waals surface area (Å²) in [5.74, 6) is 2.35. The first kappa shape index (κ1) is 13.8. The van der Waals surface area contributed by atoms with Crippen molar-refractivity contribution in [2.24, 2.45) is 11.7 Å². The maximum absolute atomic E-state index is 5.63. The molecule has 0 saturated carbocycles. The van der Waals surface area contributed by atoms with Crippen LogP contribution in [0.1, 0.15) is 24.5 Å². The van der Waals surface area contributed by atoms with Crippen LogP contribution in [0.15, 0.2) is 12.1 Å². The molecule has 0 radical (unpaired) electrons. The minimum absolute atomic E-state index is 0.544. The largest absolute Gasteiger partial charge is 0.496 e. The summed E-state index contributed by atoms with van der Waals surface area (Å²) in [6.07, 6.45) is 2.07. The van der Waals surface area contributed by atoms with Crippen LogP contribution >= 0.6 is 0 Å². The molecule has 0 heterocycles. The summed E-state index contributed by atoms with van der Waals surface area (Å²) < 4.78 is 10.8. The maximum Gasteiger partial charge on any atom is 0.128 e. The molecule has 0 saturated heterocycles. The number of benzene rings is 1. The molecule has 1 aromatic rings. The zero-order chi connectivity index (χ0) is 12.8. The molecular formula is C14H23NO2. The SMILES string of the molecule is COc1ccc(CCC(C)CN)c(OC)c1C. The zero-order valence-corrected chi connectivity index (χ0v) is 11.2. The molecule has 17 heavy (non-hydrogen) atoms. The second-order valence-electron chi connectivity index (χ2n) is 4.46. The van der Waals surface area contributed by atoms with E-state index >= 15 is 0 Å². The Bertz CT molecular complexity index is 363. The van der Waals surface area contributed by atoms with Crippen LogP contribution in [0.25, 0.3) is 0 Å². The number of hydrogen-bond acceptors (Lipinski definition) is 3. The third-order valence-corrected chi connectivity index (χ3v) is 3.17. The van der Waals surface area contributed by atoms with Crippen molar-refractivity contribution in [2.45, 2.75) is 26.7 Å². The van der Waals surface area contributed by atoms with Gasteiger partial charge in [0, 0.05) is 5.56 Å². The molecule has 0 aliphatic carbocycles. The predicted molar refractivity (Wildman–Crippen MR) is 70.8 cm³/mol. The van der Waals surface area contributed by atoms with Crippen molar-refractivity contribution >= 4 is 0 Å². The second-order valence-corrected chi connectivity index (χ2v) is 4.46. The Balaban J connectivity index is 2.88. The topological polar surface area (TPSA) is 44.5 Å². The van der Waals surface area contributed by atoms with Crippen molar-refractivity contribution in [3.8, 4) is 11.5 Å². The van der Waals surface area contributed by atoms with Crippen LogP contribution in [0.4, 0.5) is 0 Å². The van der Waals surface area contributed by atoms with Gasteiger partial charge < -0.3 is 15.2 Å². The van der Waals surface area contributed by atoms with Gasteiger partial charge in [0.1, 0.15) is 11.5 Å². The molecule has 0 fully saturated rings. The van der Waals surface area contributed by atoms with Gasteiger partial charge >= 0.3 is 0 Å². The lowest BCUT2D eigenvalue weighted by atomic mass is 9.98. The molecule has 2 N–H and O–H groups in total. The third kappa shape index (κ3) is 3.37. The maximum atomic E-state index is 5.63. The van der Waals surface area contributed by atoms with Crippen molar-refractivity contribution < 1.29 is 9.47 Å². The van der Waals surface area contributed by atoms with Gasteiger partial charge in [0.15, 0.2) is 0 Å². The average molecular weight is 237 g/mol. The summed E-state index contributed by atoms with van der Waals surface area (Å²) in [5.41, 5.74) is 7.92. The van der Waals surface area contributed by atoms with Crippen LogP contribution in [0.2, 0.25) is 0 Å². The van der Waals surface area contributed by atoms with Gasteiger partial charge in [-0.05, 0) is 43.9 Å². The summed E-state index contributed by atoms with van der Waals surface area (Å²) in [7, 11) is 3.38. The Hall–Kier alpha value is -1.22. The average Bonchev–Trinajstić information content (AvgIpc) is 2.35. The van der Waals surface area contributed by atoms with Gasteiger partial charge in [-0.25, -0.2) is 0 Å². The van der Waals surface area contributed by atoms with Crippen LogP contribution in [0.3, 0.4) is 0 Å². The highest BCUT2D eigenvalue weighted by molar-refractivity contribution is 5.49. The Morgan fingerprint density at radius 2 is 1.94 bits per heavy atom. The lowest BCUT2D eigenvalue weighted by molar-refractivity contribution is 0.384. The van der Waals surface area contributed by atoms with Crippen molar-refractivity contribution in [2.75, 3.05) is 20.8 Å². The highest BCUT2D eigenvalue weighted by Gasteiger charge is 2.11. The van der Waals surface area contributed by atoms with Crippen LogP contribution in [0, 0.1) is 12.8 Å². The van der Waals surface area contributed by atoms with Crippen molar-refractivity contribution in [3.05, 3.63) is 23.3 Å². The van der Waals surface area contributed by atoms with E-state index in [0.717, 1.165) is 36.4 Å². The van der Waals surface area contributed by atoms with E-state index in [4.69, 9.17) is 15.2 Å². The van der Waals surface area contributed by atoms with E-state index in [1.165, 1.54) is 5.56 Å². The van der Waals surface area contributed by atoms with Crippen molar-refractivity contribution in [3.63, 3.8) is 0 Å². The summed E-state index contributed by atoms with van der Waals surface area (Å²) in [5, 5.41) is 0. The molecule has 0 aliphatic heterocycles. The normalized spacial score (nSPS) is 12.3. The molecule has 0 aromatic heterocycles. The number of methoxy groups -OCH3 is 2. The third-order valence-electron chi connectivity index (χ3n) is 3.17. The molecule has 3 heteroatoms. The molecule has 0 spiro atoms. The van der Waals surface area contributed by atoms with Gasteiger partial charge in [0.05, 0.1) is 14.2 Å². The van der Waals surface area contributed by atoms with E-state index in [2.05, 4.69) is 13.0 Å². The second kappa shape index (κ2) is 6.50. The summed E-state index contributed by atoms with van der Waals surface area (Å²) in [4.78, 5) is 0. The van der Waals surface area contributed by atoms with E-state index in [1.54, 1.807) is 14.2 Å². The number of nitrogens with two attached hydrogens (primary N) is 1. The first-order valence-electron chi connectivity index (χ1n) is 6.04. The zero-order valence-electron chi connectivity index (χ0n) is 11.2. The highest BCUT2D eigenvalue weighted by atomic mass is 16.5. The van der Waals surface area contributed by atoms with Gasteiger partial charge in [-0.2, -0.15) is 0 Å². The molecular weight excluding hydrogens is 214 g/mol. The molecule has 3 nitrogen and oxygen atoms in total. The Labute approximate surface area is 104 Å². The van der Waals surface area contributed by atoms with Gasteiger partial charge in [-0.15, -0.1) is 0 Å². The summed E-state index contributed by atoms with van der Waals surface area (Å²) in [6.45, 7) is 4.92. The van der Waals surface area contributed by atoms with E-state index in [1.807, 2.05) is 13.0 Å². The predicted octanol–water partition coefficient (Wildman–Crippen LogP) is 2.54. The van der Waals surface area contributed by atoms with E-state index in [9.17, 15) is 0 Å². The first-order chi connectivity index (χ1) is 8.13. The standard InChI is InChI=1S/C14H23NO2/c1-10(9-15)5-6-12-7-8-13(16-3)11(2)14(12)17-4/h7-8,10H,5-6,9,15H2,1-4H3. The van der Waals surface area contributed by atoms with Crippen LogP contribution in [0.5, 0.6) is 11.5 Å². The number of hydrogen-bond donors (Lipinski definition) is 1. The number of rotatable bonds is 6. The molecule has 1 rings (SSSR count). The number of ether oxygens (including phenoxy) is 2. The van der Waals surface area contributed by atoms with Crippen LogP contribution in [-0.4, -0.2) is 20.8 Å². The monoisotopic (exact) mass is 237 g/mol. The highest BCUT2D eigenvalue weighted by Crippen LogP contribution is 2.32. The minimum atomic E-state index is 0.544. The molecule has 1 aromatic carbocycles. The number of aryl methyl sites for hydroxylation is 1. The molecule has 1 atom stereocenters. The molecule has 96 valence electrons. The quantitative estimate of drug-likeness (QED) is 0.827. The minimum Gasteiger partial charge on any atom is -0.496 e. The van der Waals surface area contributed by atoms with E-state index < -0.39 is 0 Å². The van der Waals surface area contributed by atoms with Gasteiger partial charge in [-0.1, -0.05) is 13.0 Å². The van der Waals surface area contributed by atoms with Crippen LogP contribution in [-0.2, 0) is 6.42 Å². The lowest BCUT2D eigenvalue weighted by Crippen LogP contribution is -2.11. The smallest absolute Gasteiger partial charge is 0.128 e. The summed E-state index contributed by atoms with van der Waals surface area (Å²) >= 11 is 0. The summed E-state index contributed by atoms with van der Waals surface area (Å²) in [6, 6.07) is 4.08. The Morgan fingerprint density at radius 3 is 2.47 bits per heavy atom. The fraction of sp³-hybridized carbons (Fsp3) is 0.571. The van der Waals surface area contributed by atoms with Gasteiger partial charge in [-0.3, -0.25) is 0 Å². The van der Waals surface area contributed by atoms with E-state index in [0.29, 0.717) is 5.92 Å². The molecule has 0 bridgehead atoms. The molecule has 1 unspecified atom stereocenters. The Kier molecular flexibility index (Phi) is 5.29.